The zero-order valence-electron chi connectivity index (χ0n) is 17.2. The molecular weight excluding hydrogens is 411 g/mol. The molecule has 2 fully saturated rings. The number of carbonyl (C=O) groups excluding carboxylic acids is 1. The fraction of sp³-hybridized carbons (Fsp3) is 0.571. The number of hydrogen-bond acceptors (Lipinski definition) is 5. The Morgan fingerprint density at radius 2 is 1.90 bits per heavy atom. The molecule has 1 atom stereocenters. The van der Waals surface area contributed by atoms with E-state index in [0.717, 1.165) is 24.1 Å². The van der Waals surface area contributed by atoms with Crippen molar-refractivity contribution in [3.05, 3.63) is 40.4 Å². The third kappa shape index (κ3) is 5.07. The molecule has 0 saturated carbocycles. The molecule has 1 amide bonds. The van der Waals surface area contributed by atoms with Crippen molar-refractivity contribution in [2.24, 2.45) is 0 Å². The highest BCUT2D eigenvalue weighted by molar-refractivity contribution is 5.77. The average Bonchev–Trinajstić information content (AvgIpc) is 3.09. The molecule has 0 aliphatic carbocycles. The van der Waals surface area contributed by atoms with Crippen LogP contribution < -0.4 is 10.9 Å². The Morgan fingerprint density at radius 3 is 2.71 bits per heavy atom. The van der Waals surface area contributed by atoms with Crippen LogP contribution in [-0.2, 0) is 11.3 Å². The number of carbonyl (C=O) groups is 1. The molecule has 0 bridgehead atoms. The van der Waals surface area contributed by atoms with Gasteiger partial charge in [-0.25, -0.2) is 4.98 Å². The number of nitrogens with zero attached hydrogens (tertiary/aromatic N) is 4. The number of benzene rings is 1. The van der Waals surface area contributed by atoms with Crippen LogP contribution in [0.15, 0.2) is 29.1 Å². The molecule has 168 valence electrons. The second-order valence-electron chi connectivity index (χ2n) is 8.13. The number of fused-ring (bicyclic) bond motifs is 1. The number of amides is 1. The van der Waals surface area contributed by atoms with Gasteiger partial charge < -0.3 is 5.32 Å². The fourth-order valence-electron chi connectivity index (χ4n) is 4.46. The number of para-hydroxylation sites is 1. The van der Waals surface area contributed by atoms with E-state index in [-0.39, 0.29) is 23.2 Å². The number of likely N-dealkylation sites (tertiary alicyclic amines) is 1. The van der Waals surface area contributed by atoms with E-state index in [1.807, 2.05) is 0 Å². The van der Waals surface area contributed by atoms with Crippen molar-refractivity contribution in [3.63, 3.8) is 0 Å². The molecule has 2 saturated heterocycles. The van der Waals surface area contributed by atoms with E-state index in [9.17, 15) is 22.8 Å². The molecule has 1 unspecified atom stereocenters. The van der Waals surface area contributed by atoms with Crippen molar-refractivity contribution in [2.45, 2.75) is 38.0 Å². The van der Waals surface area contributed by atoms with Crippen LogP contribution in [0.3, 0.4) is 0 Å². The monoisotopic (exact) mass is 437 g/mol. The zero-order chi connectivity index (χ0) is 22.0. The molecular formula is C21H26F3N5O2. The van der Waals surface area contributed by atoms with Crippen molar-refractivity contribution in [3.8, 4) is 0 Å². The minimum atomic E-state index is -4.52. The molecule has 10 heteroatoms. The maximum absolute atomic E-state index is 13.3. The fourth-order valence-corrected chi connectivity index (χ4v) is 4.46. The van der Waals surface area contributed by atoms with Gasteiger partial charge in [-0.1, -0.05) is 12.1 Å². The van der Waals surface area contributed by atoms with Gasteiger partial charge in [0.1, 0.15) is 12.4 Å². The lowest BCUT2D eigenvalue weighted by Crippen LogP contribution is -2.39. The highest BCUT2D eigenvalue weighted by Gasteiger charge is 2.35. The Hall–Kier alpha value is -2.46. The summed E-state index contributed by atoms with van der Waals surface area (Å²) in [6, 6.07) is 6.20. The third-order valence-electron chi connectivity index (χ3n) is 6.00. The number of halogens is 3. The normalized spacial score (nSPS) is 21.4. The molecule has 0 radical (unpaired) electrons. The lowest BCUT2D eigenvalue weighted by atomic mass is 10.1. The molecule has 2 aromatic rings. The quantitative estimate of drug-likeness (QED) is 0.774. The summed E-state index contributed by atoms with van der Waals surface area (Å²) >= 11 is 0. The first-order chi connectivity index (χ1) is 14.8. The van der Waals surface area contributed by atoms with Crippen molar-refractivity contribution < 1.29 is 18.0 Å². The van der Waals surface area contributed by atoms with Crippen LogP contribution in [0.1, 0.15) is 31.1 Å². The summed E-state index contributed by atoms with van der Waals surface area (Å²) in [6.07, 6.45) is -2.58. The number of alkyl halides is 3. The van der Waals surface area contributed by atoms with Gasteiger partial charge in [-0.05, 0) is 31.5 Å². The number of hydrogen-bond donors (Lipinski definition) is 1. The Labute approximate surface area is 177 Å². The predicted octanol–water partition coefficient (Wildman–Crippen LogP) is 1.92. The van der Waals surface area contributed by atoms with Crippen LogP contribution >= 0.6 is 0 Å². The maximum atomic E-state index is 13.3. The van der Waals surface area contributed by atoms with Gasteiger partial charge in [0, 0.05) is 39.1 Å². The van der Waals surface area contributed by atoms with E-state index < -0.39 is 18.3 Å². The Bertz CT molecular complexity index is 1010. The molecule has 0 spiro atoms. The lowest BCUT2D eigenvalue weighted by Gasteiger charge is -2.29. The predicted molar refractivity (Wildman–Crippen MR) is 110 cm³/mol. The van der Waals surface area contributed by atoms with Gasteiger partial charge in [0.2, 0.25) is 5.91 Å². The number of aromatic nitrogens is 2. The summed E-state index contributed by atoms with van der Waals surface area (Å²) in [7, 11) is 0. The van der Waals surface area contributed by atoms with Crippen LogP contribution in [0.4, 0.5) is 13.2 Å². The van der Waals surface area contributed by atoms with E-state index in [1.165, 1.54) is 6.07 Å². The van der Waals surface area contributed by atoms with Gasteiger partial charge in [-0.2, -0.15) is 13.2 Å². The van der Waals surface area contributed by atoms with Crippen LogP contribution in [-0.4, -0.2) is 70.7 Å². The van der Waals surface area contributed by atoms with Crippen LogP contribution in [0, 0.1) is 0 Å². The summed E-state index contributed by atoms with van der Waals surface area (Å²) < 4.78 is 40.7. The first kappa shape index (κ1) is 21.8. The second-order valence-corrected chi connectivity index (χ2v) is 8.13. The Kier molecular flexibility index (Phi) is 6.29. The van der Waals surface area contributed by atoms with Gasteiger partial charge in [-0.3, -0.25) is 24.0 Å². The van der Waals surface area contributed by atoms with Crippen molar-refractivity contribution in [1.29, 1.82) is 0 Å². The summed E-state index contributed by atoms with van der Waals surface area (Å²) in [6.45, 7) is 2.76. The molecule has 2 aliphatic rings. The van der Waals surface area contributed by atoms with Crippen LogP contribution in [0.5, 0.6) is 0 Å². The number of nitrogens with one attached hydrogen (secondary N) is 1. The summed E-state index contributed by atoms with van der Waals surface area (Å²) in [5.74, 6) is 0.226. The first-order valence-electron chi connectivity index (χ1n) is 10.6. The van der Waals surface area contributed by atoms with E-state index in [1.54, 1.807) is 18.2 Å². The molecule has 3 heterocycles. The number of rotatable bonds is 5. The van der Waals surface area contributed by atoms with Crippen LogP contribution in [0.2, 0.25) is 0 Å². The molecule has 7 nitrogen and oxygen atoms in total. The average molecular weight is 437 g/mol. The Morgan fingerprint density at radius 1 is 1.10 bits per heavy atom. The van der Waals surface area contributed by atoms with Crippen LogP contribution in [0.25, 0.3) is 10.9 Å². The topological polar surface area (TPSA) is 70.5 Å². The Balaban J connectivity index is 1.60. The second kappa shape index (κ2) is 8.96. The van der Waals surface area contributed by atoms with Gasteiger partial charge in [0.15, 0.2) is 0 Å². The van der Waals surface area contributed by atoms with E-state index >= 15 is 0 Å². The van der Waals surface area contributed by atoms with E-state index in [2.05, 4.69) is 20.1 Å². The van der Waals surface area contributed by atoms with E-state index in [0.29, 0.717) is 44.5 Å². The maximum Gasteiger partial charge on any atom is 0.406 e. The van der Waals surface area contributed by atoms with Gasteiger partial charge in [0.05, 0.1) is 16.9 Å². The molecule has 2 aliphatic heterocycles. The smallest absolute Gasteiger partial charge is 0.355 e. The molecule has 31 heavy (non-hydrogen) atoms. The third-order valence-corrected chi connectivity index (χ3v) is 6.00. The molecule has 1 aromatic heterocycles. The van der Waals surface area contributed by atoms with E-state index in [4.69, 9.17) is 0 Å². The largest absolute Gasteiger partial charge is 0.406 e. The van der Waals surface area contributed by atoms with Gasteiger partial charge in [-0.15, -0.1) is 0 Å². The minimum Gasteiger partial charge on any atom is -0.355 e. The van der Waals surface area contributed by atoms with Crippen molar-refractivity contribution >= 4 is 16.8 Å². The standard InChI is InChI=1S/C21H26F3N5O2/c22-21(23,24)14-29-19(26-16-5-2-1-4-15(16)20(29)31)17-6-3-9-28(17)13-12-27-10-7-18(30)25-8-11-27/h1-2,4-5,17H,3,6-14H2,(H,25,30). The molecule has 1 N–H and O–H groups in total. The lowest BCUT2D eigenvalue weighted by molar-refractivity contribution is -0.142. The molecule has 4 rings (SSSR count). The highest BCUT2D eigenvalue weighted by atomic mass is 19.4. The summed E-state index contributed by atoms with van der Waals surface area (Å²) in [4.78, 5) is 33.3. The SMILES string of the molecule is O=C1CCN(CCN2CCCC2c2nc3ccccc3c(=O)n2CC(F)(F)F)CCN1. The zero-order valence-corrected chi connectivity index (χ0v) is 17.2. The summed E-state index contributed by atoms with van der Waals surface area (Å²) in [5.41, 5.74) is -0.230. The van der Waals surface area contributed by atoms with Gasteiger partial charge >= 0.3 is 6.18 Å². The van der Waals surface area contributed by atoms with Crippen molar-refractivity contribution in [1.82, 2.24) is 24.7 Å². The minimum absolute atomic E-state index is 0.0399. The first-order valence-corrected chi connectivity index (χ1v) is 10.6. The highest BCUT2D eigenvalue weighted by Crippen LogP contribution is 2.32. The van der Waals surface area contributed by atoms with Gasteiger partial charge in [0.25, 0.3) is 5.56 Å². The van der Waals surface area contributed by atoms with Crippen molar-refractivity contribution in [2.75, 3.05) is 39.3 Å². The molecule has 1 aromatic carbocycles. The summed E-state index contributed by atoms with van der Waals surface area (Å²) in [5, 5.41) is 3.04.